The van der Waals surface area contributed by atoms with Gasteiger partial charge in [0, 0.05) is 31.9 Å². The van der Waals surface area contributed by atoms with E-state index in [0.717, 1.165) is 5.56 Å². The number of pyridine rings is 1. The Kier molecular flexibility index (Phi) is 8.06. The summed E-state index contributed by atoms with van der Waals surface area (Å²) in [6, 6.07) is 8.53. The van der Waals surface area contributed by atoms with Crippen LogP contribution in [0.3, 0.4) is 0 Å². The van der Waals surface area contributed by atoms with Gasteiger partial charge in [-0.1, -0.05) is 29.8 Å². The number of aliphatic imine (C=N–C) groups is 1. The molecule has 0 atom stereocenters. The van der Waals surface area contributed by atoms with E-state index in [2.05, 4.69) is 25.3 Å². The highest BCUT2D eigenvalue weighted by Crippen LogP contribution is 2.32. The molecule has 0 bridgehead atoms. The molecule has 0 saturated carbocycles. The van der Waals surface area contributed by atoms with E-state index < -0.39 is 6.61 Å². The first kappa shape index (κ1) is 20.7. The fourth-order valence-corrected chi connectivity index (χ4v) is 2.40. The Labute approximate surface area is 161 Å². The van der Waals surface area contributed by atoms with E-state index in [1.54, 1.807) is 44.4 Å². The largest absolute Gasteiger partial charge is 0.490 e. The molecule has 0 fully saturated rings. The van der Waals surface area contributed by atoms with Gasteiger partial charge in [-0.25, -0.2) is 4.98 Å². The third-order valence-electron chi connectivity index (χ3n) is 3.49. The minimum Gasteiger partial charge on any atom is -0.490 e. The molecule has 0 amide bonds. The smallest absolute Gasteiger partial charge is 0.387 e. The molecular weight excluding hydrogens is 378 g/mol. The lowest BCUT2D eigenvalue weighted by Crippen LogP contribution is -2.36. The van der Waals surface area contributed by atoms with E-state index in [9.17, 15) is 8.78 Å². The molecule has 2 N–H and O–H groups in total. The quantitative estimate of drug-likeness (QED) is 0.404. The SMILES string of the molecule is CCOc1cccc(CNC(=NC)NCc2ccc(Cl)nc2)c1OC(F)F. The molecule has 9 heteroatoms. The minimum absolute atomic E-state index is 0.0132. The Morgan fingerprint density at radius 1 is 1.22 bits per heavy atom. The molecule has 0 unspecified atom stereocenters. The van der Waals surface area contributed by atoms with E-state index >= 15 is 0 Å². The number of hydrogen-bond acceptors (Lipinski definition) is 4. The van der Waals surface area contributed by atoms with Crippen molar-refractivity contribution in [1.82, 2.24) is 15.6 Å². The van der Waals surface area contributed by atoms with Crippen molar-refractivity contribution in [3.63, 3.8) is 0 Å². The number of hydrogen-bond donors (Lipinski definition) is 2. The summed E-state index contributed by atoms with van der Waals surface area (Å²) in [5, 5.41) is 6.59. The van der Waals surface area contributed by atoms with Gasteiger partial charge in [-0.05, 0) is 24.6 Å². The lowest BCUT2D eigenvalue weighted by molar-refractivity contribution is -0.0520. The van der Waals surface area contributed by atoms with Gasteiger partial charge < -0.3 is 20.1 Å². The number of nitrogens with one attached hydrogen (secondary N) is 2. The fraction of sp³-hybridized carbons (Fsp3) is 0.333. The zero-order chi connectivity index (χ0) is 19.6. The van der Waals surface area contributed by atoms with Gasteiger partial charge in [0.15, 0.2) is 17.5 Å². The maximum absolute atomic E-state index is 12.8. The van der Waals surface area contributed by atoms with Crippen LogP contribution in [0, 0.1) is 0 Å². The third-order valence-corrected chi connectivity index (χ3v) is 3.71. The van der Waals surface area contributed by atoms with Gasteiger partial charge in [0.2, 0.25) is 0 Å². The molecule has 146 valence electrons. The molecule has 1 aromatic heterocycles. The van der Waals surface area contributed by atoms with Crippen molar-refractivity contribution in [3.05, 3.63) is 52.8 Å². The first-order valence-corrected chi connectivity index (χ1v) is 8.65. The third kappa shape index (κ3) is 6.56. The van der Waals surface area contributed by atoms with Gasteiger partial charge in [0.25, 0.3) is 0 Å². The predicted molar refractivity (Wildman–Crippen MR) is 101 cm³/mol. The van der Waals surface area contributed by atoms with Crippen LogP contribution in [0.5, 0.6) is 11.5 Å². The summed E-state index contributed by atoms with van der Waals surface area (Å²) in [4.78, 5) is 8.12. The number of para-hydroxylation sites is 1. The van der Waals surface area contributed by atoms with Crippen molar-refractivity contribution >= 4 is 17.6 Å². The lowest BCUT2D eigenvalue weighted by atomic mass is 10.2. The van der Waals surface area contributed by atoms with E-state index in [-0.39, 0.29) is 18.0 Å². The summed E-state index contributed by atoms with van der Waals surface area (Å²) in [6.45, 7) is -0.131. The first-order valence-electron chi connectivity index (χ1n) is 8.28. The summed E-state index contributed by atoms with van der Waals surface area (Å²) >= 11 is 5.76. The Bertz CT molecular complexity index is 758. The molecule has 0 spiro atoms. The molecule has 0 saturated heterocycles. The van der Waals surface area contributed by atoms with Crippen LogP contribution < -0.4 is 20.1 Å². The molecule has 1 aromatic carbocycles. The van der Waals surface area contributed by atoms with Crippen LogP contribution in [-0.2, 0) is 13.1 Å². The van der Waals surface area contributed by atoms with Gasteiger partial charge in [0.05, 0.1) is 6.61 Å². The highest BCUT2D eigenvalue weighted by molar-refractivity contribution is 6.29. The zero-order valence-corrected chi connectivity index (χ0v) is 15.8. The molecule has 2 aromatic rings. The van der Waals surface area contributed by atoms with Gasteiger partial charge in [-0.15, -0.1) is 0 Å². The van der Waals surface area contributed by atoms with Gasteiger partial charge in [0.1, 0.15) is 5.15 Å². The van der Waals surface area contributed by atoms with Crippen LogP contribution in [0.25, 0.3) is 0 Å². The average Bonchev–Trinajstić information content (AvgIpc) is 2.65. The standard InChI is InChI=1S/C18H21ClF2N4O2/c1-3-26-14-6-4-5-13(16(14)27-17(20)21)11-25-18(22-2)24-10-12-7-8-15(19)23-9-12/h4-9,17H,3,10-11H2,1-2H3,(H2,22,24,25). The molecule has 6 nitrogen and oxygen atoms in total. The highest BCUT2D eigenvalue weighted by atomic mass is 35.5. The molecule has 0 aliphatic carbocycles. The minimum atomic E-state index is -2.94. The first-order chi connectivity index (χ1) is 13.0. The monoisotopic (exact) mass is 398 g/mol. The van der Waals surface area contributed by atoms with Gasteiger partial charge in [-0.2, -0.15) is 8.78 Å². The van der Waals surface area contributed by atoms with Crippen molar-refractivity contribution in [3.8, 4) is 11.5 Å². The lowest BCUT2D eigenvalue weighted by Gasteiger charge is -2.17. The highest BCUT2D eigenvalue weighted by Gasteiger charge is 2.16. The zero-order valence-electron chi connectivity index (χ0n) is 15.0. The Morgan fingerprint density at radius 2 is 2.00 bits per heavy atom. The van der Waals surface area contributed by atoms with E-state index in [1.165, 1.54) is 0 Å². The molecule has 0 aliphatic heterocycles. The van der Waals surface area contributed by atoms with Gasteiger partial charge >= 0.3 is 6.61 Å². The van der Waals surface area contributed by atoms with Crippen LogP contribution in [0.1, 0.15) is 18.1 Å². The summed E-state index contributed by atoms with van der Waals surface area (Å²) in [5.41, 5.74) is 1.44. The number of guanidine groups is 1. The number of rotatable bonds is 8. The number of halogens is 3. The summed E-state index contributed by atoms with van der Waals surface area (Å²) in [6.07, 6.45) is 1.66. The van der Waals surface area contributed by atoms with Crippen LogP contribution in [0.2, 0.25) is 5.15 Å². The maximum atomic E-state index is 12.8. The number of nitrogens with zero attached hydrogens (tertiary/aromatic N) is 2. The molecule has 27 heavy (non-hydrogen) atoms. The second-order valence-electron chi connectivity index (χ2n) is 5.32. The molecule has 0 aliphatic rings. The second-order valence-corrected chi connectivity index (χ2v) is 5.71. The van der Waals surface area contributed by atoms with Crippen molar-refractivity contribution < 1.29 is 18.3 Å². The normalized spacial score (nSPS) is 11.4. The van der Waals surface area contributed by atoms with Crippen LogP contribution >= 0.6 is 11.6 Å². The van der Waals surface area contributed by atoms with E-state index in [0.29, 0.717) is 29.8 Å². The van der Waals surface area contributed by atoms with Crippen molar-refractivity contribution in [2.45, 2.75) is 26.6 Å². The Morgan fingerprint density at radius 3 is 2.63 bits per heavy atom. The molecular formula is C18H21ClF2N4O2. The number of aromatic nitrogens is 1. The van der Waals surface area contributed by atoms with Gasteiger partial charge in [-0.3, -0.25) is 4.99 Å². The Hall–Kier alpha value is -2.61. The predicted octanol–water partition coefficient (Wildman–Crippen LogP) is 3.60. The van der Waals surface area contributed by atoms with Crippen LogP contribution in [0.4, 0.5) is 8.78 Å². The Balaban J connectivity index is 2.02. The van der Waals surface area contributed by atoms with E-state index in [1.807, 2.05) is 6.07 Å². The average molecular weight is 399 g/mol. The molecule has 0 radical (unpaired) electrons. The topological polar surface area (TPSA) is 67.8 Å². The number of ether oxygens (including phenoxy) is 2. The van der Waals surface area contributed by atoms with E-state index in [4.69, 9.17) is 16.3 Å². The fourth-order valence-electron chi connectivity index (χ4n) is 2.29. The van der Waals surface area contributed by atoms with Crippen molar-refractivity contribution in [2.75, 3.05) is 13.7 Å². The number of alkyl halides is 2. The van der Waals surface area contributed by atoms with Crippen molar-refractivity contribution in [1.29, 1.82) is 0 Å². The second kappa shape index (κ2) is 10.5. The maximum Gasteiger partial charge on any atom is 0.387 e. The molecule has 2 rings (SSSR count). The van der Waals surface area contributed by atoms with Crippen LogP contribution in [-0.4, -0.2) is 31.2 Å². The summed E-state index contributed by atoms with van der Waals surface area (Å²) < 4.78 is 35.6. The molecule has 1 heterocycles. The summed E-state index contributed by atoms with van der Waals surface area (Å²) in [5.74, 6) is 0.779. The van der Waals surface area contributed by atoms with Crippen molar-refractivity contribution in [2.24, 2.45) is 4.99 Å². The number of benzene rings is 1. The summed E-state index contributed by atoms with van der Waals surface area (Å²) in [7, 11) is 1.61. The van der Waals surface area contributed by atoms with Crippen LogP contribution in [0.15, 0.2) is 41.5 Å².